The number of carbonyl (C=O) groups excluding carboxylic acids is 2. The van der Waals surface area contributed by atoms with Crippen molar-refractivity contribution in [2.75, 3.05) is 6.61 Å². The van der Waals surface area contributed by atoms with E-state index in [-0.39, 0.29) is 23.3 Å². The molecule has 2 fully saturated rings. The van der Waals surface area contributed by atoms with Gasteiger partial charge in [-0.15, -0.1) is 0 Å². The summed E-state index contributed by atoms with van der Waals surface area (Å²) >= 11 is 5.85. The highest BCUT2D eigenvalue weighted by molar-refractivity contribution is 6.31. The summed E-state index contributed by atoms with van der Waals surface area (Å²) in [5, 5.41) is 12.5. The van der Waals surface area contributed by atoms with Crippen molar-refractivity contribution in [1.82, 2.24) is 5.32 Å². The van der Waals surface area contributed by atoms with Gasteiger partial charge in [0.2, 0.25) is 5.91 Å². The second-order valence-electron chi connectivity index (χ2n) is 10.6. The van der Waals surface area contributed by atoms with E-state index >= 15 is 0 Å². The highest BCUT2D eigenvalue weighted by atomic mass is 35.5. The molecule has 2 unspecified atom stereocenters. The van der Waals surface area contributed by atoms with Gasteiger partial charge in [0.05, 0.1) is 12.1 Å². The summed E-state index contributed by atoms with van der Waals surface area (Å²) in [4.78, 5) is 24.6. The SMILES string of the molecule is CC(C)(CO)NC(=O)CCC1[C@@H]2CC[C@H]1CC(CCCCC(=O)c1cc(F)cc(Cl)c1)C2. The van der Waals surface area contributed by atoms with E-state index in [1.165, 1.54) is 43.9 Å². The number of aliphatic hydroxyl groups excluding tert-OH is 1. The maximum Gasteiger partial charge on any atom is 0.220 e. The first kappa shape index (κ1) is 25.2. The van der Waals surface area contributed by atoms with Crippen LogP contribution in [0.4, 0.5) is 4.39 Å². The first-order chi connectivity index (χ1) is 15.2. The molecule has 0 spiro atoms. The Morgan fingerprint density at radius 2 is 1.78 bits per heavy atom. The Hall–Kier alpha value is -1.46. The molecule has 3 rings (SSSR count). The van der Waals surface area contributed by atoms with Gasteiger partial charge in [-0.2, -0.15) is 0 Å². The molecule has 1 amide bonds. The smallest absolute Gasteiger partial charge is 0.220 e. The van der Waals surface area contributed by atoms with E-state index < -0.39 is 11.4 Å². The molecule has 178 valence electrons. The van der Waals surface area contributed by atoms with E-state index in [4.69, 9.17) is 11.6 Å². The topological polar surface area (TPSA) is 66.4 Å². The molecule has 2 N–H and O–H groups in total. The van der Waals surface area contributed by atoms with Crippen LogP contribution >= 0.6 is 11.6 Å². The lowest BCUT2D eigenvalue weighted by atomic mass is 9.70. The number of nitrogens with one attached hydrogen (secondary N) is 1. The zero-order valence-corrected chi connectivity index (χ0v) is 20.1. The molecule has 1 aromatic carbocycles. The molecule has 4 atom stereocenters. The molecule has 0 aromatic heterocycles. The third-order valence-corrected chi connectivity index (χ3v) is 7.64. The van der Waals surface area contributed by atoms with Gasteiger partial charge in [0, 0.05) is 23.4 Å². The molecule has 2 saturated carbocycles. The van der Waals surface area contributed by atoms with Gasteiger partial charge in [0.25, 0.3) is 0 Å². The van der Waals surface area contributed by atoms with Crippen LogP contribution in [-0.2, 0) is 4.79 Å². The molecule has 2 aliphatic carbocycles. The molecule has 0 radical (unpaired) electrons. The summed E-state index contributed by atoms with van der Waals surface area (Å²) in [6, 6.07) is 4.01. The van der Waals surface area contributed by atoms with Crippen LogP contribution in [0.3, 0.4) is 0 Å². The lowest BCUT2D eigenvalue weighted by Gasteiger charge is -2.35. The van der Waals surface area contributed by atoms with Crippen molar-refractivity contribution in [1.29, 1.82) is 0 Å². The van der Waals surface area contributed by atoms with Crippen molar-refractivity contribution < 1.29 is 19.1 Å². The standard InChI is InChI=1S/C26H37ClFNO3/c1-26(2,16-30)29-25(32)10-9-23-18-7-8-19(23)12-17(11-18)5-3-4-6-24(31)20-13-21(27)15-22(28)14-20/h13-15,17-19,23,30H,3-12,16H2,1-2H3,(H,29,32)/t17?,18-,19+,23?. The first-order valence-electron chi connectivity index (χ1n) is 12.1. The number of ketones is 1. The van der Waals surface area contributed by atoms with Crippen LogP contribution in [0.25, 0.3) is 0 Å². The lowest BCUT2D eigenvalue weighted by molar-refractivity contribution is -0.123. The first-order valence-corrected chi connectivity index (χ1v) is 12.5. The van der Waals surface area contributed by atoms with Crippen LogP contribution in [0.2, 0.25) is 5.02 Å². The molecule has 2 bridgehead atoms. The number of carbonyl (C=O) groups is 2. The fraction of sp³-hybridized carbons (Fsp3) is 0.692. The van der Waals surface area contributed by atoms with Crippen molar-refractivity contribution in [3.63, 3.8) is 0 Å². The molecule has 32 heavy (non-hydrogen) atoms. The van der Waals surface area contributed by atoms with Crippen LogP contribution in [0, 0.1) is 29.5 Å². The third-order valence-electron chi connectivity index (χ3n) is 7.42. The number of amides is 1. The summed E-state index contributed by atoms with van der Waals surface area (Å²) in [7, 11) is 0. The summed E-state index contributed by atoms with van der Waals surface area (Å²) < 4.78 is 13.4. The molecule has 0 aliphatic heterocycles. The molecule has 6 heteroatoms. The van der Waals surface area contributed by atoms with E-state index in [0.717, 1.165) is 25.7 Å². The normalized spacial score (nSPS) is 25.0. The van der Waals surface area contributed by atoms with Crippen LogP contribution in [0.15, 0.2) is 18.2 Å². The predicted molar refractivity (Wildman–Crippen MR) is 125 cm³/mol. The number of benzene rings is 1. The summed E-state index contributed by atoms with van der Waals surface area (Å²) in [5.41, 5.74) is -0.198. The van der Waals surface area contributed by atoms with Gasteiger partial charge in [-0.25, -0.2) is 4.39 Å². The summed E-state index contributed by atoms with van der Waals surface area (Å²) in [6.07, 6.45) is 9.91. The third kappa shape index (κ3) is 7.02. The molecular formula is C26H37ClFNO3. The number of fused-ring (bicyclic) bond motifs is 2. The van der Waals surface area contributed by atoms with Crippen molar-refractivity contribution in [3.05, 3.63) is 34.6 Å². The van der Waals surface area contributed by atoms with Gasteiger partial charge in [-0.05, 0) is 94.2 Å². The number of rotatable bonds is 11. The lowest BCUT2D eigenvalue weighted by Crippen LogP contribution is -2.46. The monoisotopic (exact) mass is 465 g/mol. The van der Waals surface area contributed by atoms with Crippen LogP contribution in [0.1, 0.15) is 88.4 Å². The molecule has 4 nitrogen and oxygen atoms in total. The zero-order chi connectivity index (χ0) is 23.3. The Morgan fingerprint density at radius 1 is 1.09 bits per heavy atom. The van der Waals surface area contributed by atoms with Crippen molar-refractivity contribution in [2.45, 2.75) is 83.6 Å². The number of hydrogen-bond donors (Lipinski definition) is 2. The second kappa shape index (κ2) is 11.1. The van der Waals surface area contributed by atoms with E-state index in [1.54, 1.807) is 0 Å². The van der Waals surface area contributed by atoms with E-state index in [2.05, 4.69) is 5.32 Å². The highest BCUT2D eigenvalue weighted by Gasteiger charge is 2.42. The minimum absolute atomic E-state index is 0.0369. The molecule has 1 aromatic rings. The van der Waals surface area contributed by atoms with Crippen LogP contribution in [0.5, 0.6) is 0 Å². The maximum atomic E-state index is 13.4. The predicted octanol–water partition coefficient (Wildman–Crippen LogP) is 5.94. The Bertz CT molecular complexity index is 778. The van der Waals surface area contributed by atoms with Crippen LogP contribution in [-0.4, -0.2) is 28.9 Å². The van der Waals surface area contributed by atoms with Gasteiger partial charge in [0.1, 0.15) is 5.82 Å². The average molecular weight is 466 g/mol. The molecule has 0 saturated heterocycles. The van der Waals surface area contributed by atoms with Crippen molar-refractivity contribution in [3.8, 4) is 0 Å². The van der Waals surface area contributed by atoms with Crippen molar-refractivity contribution >= 4 is 23.3 Å². The number of unbranched alkanes of at least 4 members (excludes halogenated alkanes) is 1. The van der Waals surface area contributed by atoms with E-state index in [9.17, 15) is 19.1 Å². The fourth-order valence-electron chi connectivity index (χ4n) is 5.84. The minimum Gasteiger partial charge on any atom is -0.394 e. The zero-order valence-electron chi connectivity index (χ0n) is 19.3. The van der Waals surface area contributed by atoms with Gasteiger partial charge < -0.3 is 10.4 Å². The van der Waals surface area contributed by atoms with Gasteiger partial charge in [-0.1, -0.05) is 24.4 Å². The van der Waals surface area contributed by atoms with Gasteiger partial charge >= 0.3 is 0 Å². The van der Waals surface area contributed by atoms with E-state index in [0.29, 0.717) is 42.1 Å². The Balaban J connectivity index is 1.37. The average Bonchev–Trinajstić information content (AvgIpc) is 2.96. The maximum absolute atomic E-state index is 13.4. The summed E-state index contributed by atoms with van der Waals surface area (Å²) in [6.45, 7) is 3.61. The largest absolute Gasteiger partial charge is 0.394 e. The quantitative estimate of drug-likeness (QED) is 0.314. The van der Waals surface area contributed by atoms with Gasteiger partial charge in [0.15, 0.2) is 5.78 Å². The number of halogens is 2. The molecule has 0 heterocycles. The molecular weight excluding hydrogens is 429 g/mol. The van der Waals surface area contributed by atoms with E-state index in [1.807, 2.05) is 13.8 Å². The Labute approximate surface area is 196 Å². The van der Waals surface area contributed by atoms with Gasteiger partial charge in [-0.3, -0.25) is 9.59 Å². The molecule has 2 aliphatic rings. The van der Waals surface area contributed by atoms with Crippen molar-refractivity contribution in [2.24, 2.45) is 23.7 Å². The van der Waals surface area contributed by atoms with Crippen LogP contribution < -0.4 is 5.32 Å². The second-order valence-corrected chi connectivity index (χ2v) is 11.0. The Morgan fingerprint density at radius 3 is 2.41 bits per heavy atom. The number of aliphatic hydroxyl groups is 1. The summed E-state index contributed by atoms with van der Waals surface area (Å²) in [5.74, 6) is 2.32. The highest BCUT2D eigenvalue weighted by Crippen LogP contribution is 2.51. The number of Topliss-reactive ketones (excluding diaryl/α,β-unsaturated/α-hetero) is 1. The minimum atomic E-state index is -0.559. The fourth-order valence-corrected chi connectivity index (χ4v) is 6.06. The Kier molecular flexibility index (Phi) is 8.74. The number of hydrogen-bond acceptors (Lipinski definition) is 3.